The number of likely N-dealkylation sites (N-methyl/N-ethyl adjacent to an activating group) is 1. The average molecular weight is 360 g/mol. The summed E-state index contributed by atoms with van der Waals surface area (Å²) in [7, 11) is -1.95. The quantitative estimate of drug-likeness (QED) is 0.744. The standard InChI is InChI=1S/C14H17N3O4S.ClH/c1-15-6-8-16(9-7-15)13(18)10-17-14(19)11-4-2-3-5-12(11)22(17,20)21;/h2-5H,6-10H2,1H3;1H. The summed E-state index contributed by atoms with van der Waals surface area (Å²) in [6, 6.07) is 6.03. The zero-order valence-corrected chi connectivity index (χ0v) is 14.3. The monoisotopic (exact) mass is 359 g/mol. The Kier molecular flexibility index (Phi) is 4.98. The van der Waals surface area contributed by atoms with Gasteiger partial charge in [-0.25, -0.2) is 12.7 Å². The van der Waals surface area contributed by atoms with Gasteiger partial charge in [0.1, 0.15) is 11.4 Å². The topological polar surface area (TPSA) is 78.0 Å². The van der Waals surface area contributed by atoms with E-state index in [9.17, 15) is 18.0 Å². The summed E-state index contributed by atoms with van der Waals surface area (Å²) >= 11 is 0. The maximum absolute atomic E-state index is 12.4. The van der Waals surface area contributed by atoms with E-state index in [4.69, 9.17) is 0 Å². The van der Waals surface area contributed by atoms with Crippen LogP contribution in [0, 0.1) is 0 Å². The fourth-order valence-corrected chi connectivity index (χ4v) is 4.18. The number of hydrogen-bond acceptors (Lipinski definition) is 5. The predicted octanol–water partition coefficient (Wildman–Crippen LogP) is 0.0269. The number of fused-ring (bicyclic) bond motifs is 1. The minimum atomic E-state index is -3.91. The Bertz CT molecular complexity index is 729. The Morgan fingerprint density at radius 1 is 1.13 bits per heavy atom. The SMILES string of the molecule is CN1CCN(C(=O)CN2C(=O)c3ccccc3S2(=O)=O)CC1.Cl. The first-order valence-corrected chi connectivity index (χ1v) is 8.47. The largest absolute Gasteiger partial charge is 0.339 e. The van der Waals surface area contributed by atoms with Crippen LogP contribution in [0.25, 0.3) is 0 Å². The van der Waals surface area contributed by atoms with Crippen LogP contribution in [-0.4, -0.2) is 74.1 Å². The fourth-order valence-electron chi connectivity index (χ4n) is 2.67. The number of amides is 2. The molecule has 0 bridgehead atoms. The van der Waals surface area contributed by atoms with Gasteiger partial charge in [0.05, 0.1) is 5.56 Å². The van der Waals surface area contributed by atoms with Crippen LogP contribution in [0.1, 0.15) is 10.4 Å². The van der Waals surface area contributed by atoms with Gasteiger partial charge in [0.2, 0.25) is 5.91 Å². The van der Waals surface area contributed by atoms with Crippen molar-refractivity contribution in [3.63, 3.8) is 0 Å². The Hall–Kier alpha value is -1.64. The molecule has 0 aromatic heterocycles. The highest BCUT2D eigenvalue weighted by molar-refractivity contribution is 7.90. The zero-order valence-electron chi connectivity index (χ0n) is 12.6. The van der Waals surface area contributed by atoms with Gasteiger partial charge in [-0.3, -0.25) is 9.59 Å². The number of rotatable bonds is 2. The van der Waals surface area contributed by atoms with Crippen LogP contribution >= 0.6 is 12.4 Å². The van der Waals surface area contributed by atoms with Gasteiger partial charge < -0.3 is 9.80 Å². The van der Waals surface area contributed by atoms with E-state index < -0.39 is 22.5 Å². The lowest BCUT2D eigenvalue weighted by Crippen LogP contribution is -2.50. The summed E-state index contributed by atoms with van der Waals surface area (Å²) in [6.07, 6.45) is 0. The molecule has 2 aliphatic heterocycles. The van der Waals surface area contributed by atoms with Gasteiger partial charge in [0.25, 0.3) is 15.9 Å². The van der Waals surface area contributed by atoms with Crippen LogP contribution in [0.15, 0.2) is 29.2 Å². The number of benzene rings is 1. The third-order valence-electron chi connectivity index (χ3n) is 4.05. The van der Waals surface area contributed by atoms with Crippen molar-refractivity contribution in [3.8, 4) is 0 Å². The van der Waals surface area contributed by atoms with E-state index in [-0.39, 0.29) is 28.8 Å². The van der Waals surface area contributed by atoms with E-state index in [1.807, 2.05) is 7.05 Å². The minimum Gasteiger partial charge on any atom is -0.339 e. The number of carbonyl (C=O) groups is 2. The Labute approximate surface area is 141 Å². The van der Waals surface area contributed by atoms with Crippen molar-refractivity contribution >= 4 is 34.2 Å². The molecule has 1 fully saturated rings. The average Bonchev–Trinajstić information content (AvgIpc) is 2.69. The summed E-state index contributed by atoms with van der Waals surface area (Å²) in [4.78, 5) is 28.2. The first-order chi connectivity index (χ1) is 10.4. The second kappa shape index (κ2) is 6.46. The lowest BCUT2D eigenvalue weighted by Gasteiger charge is -2.33. The summed E-state index contributed by atoms with van der Waals surface area (Å²) in [6.45, 7) is 2.15. The van der Waals surface area contributed by atoms with Gasteiger partial charge in [-0.2, -0.15) is 0 Å². The van der Waals surface area contributed by atoms with Crippen molar-refractivity contribution in [2.24, 2.45) is 0 Å². The molecule has 0 unspecified atom stereocenters. The molecule has 1 aromatic rings. The number of halogens is 1. The highest BCUT2D eigenvalue weighted by Crippen LogP contribution is 2.29. The van der Waals surface area contributed by atoms with Gasteiger partial charge in [-0.05, 0) is 19.2 Å². The number of carbonyl (C=O) groups excluding carboxylic acids is 2. The molecule has 1 aromatic carbocycles. The molecule has 23 heavy (non-hydrogen) atoms. The molecule has 0 aliphatic carbocycles. The third kappa shape index (κ3) is 3.06. The van der Waals surface area contributed by atoms with E-state index >= 15 is 0 Å². The number of nitrogens with zero attached hydrogens (tertiary/aromatic N) is 3. The van der Waals surface area contributed by atoms with Gasteiger partial charge in [-0.1, -0.05) is 12.1 Å². The van der Waals surface area contributed by atoms with Crippen molar-refractivity contribution in [1.29, 1.82) is 0 Å². The van der Waals surface area contributed by atoms with Crippen molar-refractivity contribution in [1.82, 2.24) is 14.1 Å². The molecule has 0 spiro atoms. The molecule has 0 radical (unpaired) electrons. The van der Waals surface area contributed by atoms with Crippen LogP contribution in [0.4, 0.5) is 0 Å². The molecule has 2 aliphatic rings. The van der Waals surface area contributed by atoms with E-state index in [0.717, 1.165) is 13.1 Å². The lowest BCUT2D eigenvalue weighted by atomic mass is 10.2. The number of hydrogen-bond donors (Lipinski definition) is 0. The van der Waals surface area contributed by atoms with Crippen molar-refractivity contribution in [3.05, 3.63) is 29.8 Å². The Morgan fingerprint density at radius 2 is 1.74 bits per heavy atom. The molecule has 126 valence electrons. The second-order valence-corrected chi connectivity index (χ2v) is 7.33. The fraction of sp³-hybridized carbons (Fsp3) is 0.429. The van der Waals surface area contributed by atoms with Gasteiger partial charge in [-0.15, -0.1) is 12.4 Å². The Morgan fingerprint density at radius 3 is 2.35 bits per heavy atom. The predicted molar refractivity (Wildman–Crippen MR) is 86.0 cm³/mol. The van der Waals surface area contributed by atoms with Crippen LogP contribution in [0.5, 0.6) is 0 Å². The number of sulfonamides is 1. The highest BCUT2D eigenvalue weighted by Gasteiger charge is 2.42. The van der Waals surface area contributed by atoms with E-state index in [1.165, 1.54) is 12.1 Å². The highest BCUT2D eigenvalue weighted by atomic mass is 35.5. The molecule has 9 heteroatoms. The Balaban J connectivity index is 0.00000192. The van der Waals surface area contributed by atoms with E-state index in [0.29, 0.717) is 17.4 Å². The molecule has 2 amide bonds. The molecular formula is C14H18ClN3O4S. The zero-order chi connectivity index (χ0) is 15.9. The van der Waals surface area contributed by atoms with Crippen molar-refractivity contribution < 1.29 is 18.0 Å². The smallest absolute Gasteiger partial charge is 0.269 e. The summed E-state index contributed by atoms with van der Waals surface area (Å²) < 4.78 is 25.5. The molecule has 1 saturated heterocycles. The maximum Gasteiger partial charge on any atom is 0.269 e. The molecule has 0 N–H and O–H groups in total. The van der Waals surface area contributed by atoms with Crippen molar-refractivity contribution in [2.45, 2.75) is 4.90 Å². The minimum absolute atomic E-state index is 0. The first kappa shape index (κ1) is 17.7. The van der Waals surface area contributed by atoms with Crippen molar-refractivity contribution in [2.75, 3.05) is 39.8 Å². The summed E-state index contributed by atoms with van der Waals surface area (Å²) in [5.74, 6) is -0.962. The molecule has 0 saturated carbocycles. The van der Waals surface area contributed by atoms with E-state index in [2.05, 4.69) is 4.90 Å². The normalized spacial score (nSPS) is 20.1. The van der Waals surface area contributed by atoms with Crippen LogP contribution in [0.3, 0.4) is 0 Å². The molecule has 7 nitrogen and oxygen atoms in total. The van der Waals surface area contributed by atoms with Crippen LogP contribution in [0.2, 0.25) is 0 Å². The molecule has 3 rings (SSSR count). The third-order valence-corrected chi connectivity index (χ3v) is 5.83. The van der Waals surface area contributed by atoms with Gasteiger partial charge >= 0.3 is 0 Å². The summed E-state index contributed by atoms with van der Waals surface area (Å²) in [5.41, 5.74) is 0.133. The van der Waals surface area contributed by atoms with Crippen LogP contribution < -0.4 is 0 Å². The molecule has 0 atom stereocenters. The van der Waals surface area contributed by atoms with Gasteiger partial charge in [0, 0.05) is 26.2 Å². The molecular weight excluding hydrogens is 342 g/mol. The molecule has 2 heterocycles. The van der Waals surface area contributed by atoms with Crippen LogP contribution in [-0.2, 0) is 14.8 Å². The lowest BCUT2D eigenvalue weighted by molar-refractivity contribution is -0.132. The van der Waals surface area contributed by atoms with E-state index in [1.54, 1.807) is 17.0 Å². The summed E-state index contributed by atoms with van der Waals surface area (Å²) in [5, 5.41) is 0. The second-order valence-electron chi connectivity index (χ2n) is 5.50. The number of piperazine rings is 1. The first-order valence-electron chi connectivity index (χ1n) is 7.03. The van der Waals surface area contributed by atoms with Gasteiger partial charge in [0.15, 0.2) is 0 Å². The maximum atomic E-state index is 12.4.